The van der Waals surface area contributed by atoms with Crippen LogP contribution in [-0.2, 0) is 31.3 Å². The number of amides is 1. The van der Waals surface area contributed by atoms with Crippen LogP contribution < -0.4 is 5.73 Å². The summed E-state index contributed by atoms with van der Waals surface area (Å²) in [6.07, 6.45) is 5.56. The molecule has 2 N–H and O–H groups in total. The molecule has 1 heterocycles. The Balaban J connectivity index is 1.68. The van der Waals surface area contributed by atoms with Crippen molar-refractivity contribution < 1.29 is 17.9 Å². The van der Waals surface area contributed by atoms with Gasteiger partial charge < -0.3 is 10.5 Å². The number of methoxy groups -OCH3 is 1. The first-order valence-corrected chi connectivity index (χ1v) is 14.1. The largest absolute Gasteiger partial charge is 0.381 e. The minimum Gasteiger partial charge on any atom is -0.381 e. The number of rotatable bonds is 4. The van der Waals surface area contributed by atoms with Gasteiger partial charge >= 0.3 is 0 Å². The zero-order chi connectivity index (χ0) is 25.2. The Hall–Kier alpha value is -2.71. The van der Waals surface area contributed by atoms with Crippen LogP contribution in [0.25, 0.3) is 11.1 Å². The van der Waals surface area contributed by atoms with Crippen molar-refractivity contribution in [1.29, 1.82) is 0 Å². The lowest BCUT2D eigenvalue weighted by Gasteiger charge is -2.45. The van der Waals surface area contributed by atoms with Gasteiger partial charge in [-0.25, -0.2) is 13.4 Å². The van der Waals surface area contributed by atoms with Gasteiger partial charge in [-0.05, 0) is 86.4 Å². The van der Waals surface area contributed by atoms with Gasteiger partial charge in [-0.2, -0.15) is 0 Å². The van der Waals surface area contributed by atoms with E-state index in [1.165, 1.54) is 6.26 Å². The Morgan fingerprint density at radius 1 is 1.11 bits per heavy atom. The lowest BCUT2D eigenvalue weighted by atomic mass is 9.61. The topological polar surface area (TPSA) is 102 Å². The average Bonchev–Trinajstić information content (AvgIpc) is 3.24. The molecule has 1 fully saturated rings. The van der Waals surface area contributed by atoms with Gasteiger partial charge in [-0.3, -0.25) is 9.69 Å². The molecule has 0 saturated heterocycles. The number of nitrogens with two attached hydrogens (primary N) is 1. The predicted molar refractivity (Wildman–Crippen MR) is 136 cm³/mol. The van der Waals surface area contributed by atoms with E-state index in [2.05, 4.69) is 6.07 Å². The summed E-state index contributed by atoms with van der Waals surface area (Å²) in [7, 11) is -1.59. The molecule has 1 aliphatic heterocycles. The number of hydrogen-bond donors (Lipinski definition) is 1. The maximum atomic E-state index is 14.2. The van der Waals surface area contributed by atoms with Crippen molar-refractivity contribution in [2.75, 3.05) is 13.4 Å². The molecule has 1 atom stereocenters. The van der Waals surface area contributed by atoms with Crippen molar-refractivity contribution in [3.05, 3.63) is 53.6 Å². The first-order chi connectivity index (χ1) is 16.5. The third-order valence-corrected chi connectivity index (χ3v) is 9.30. The molecular formula is C27H33N3O4S. The molecule has 8 heteroatoms. The number of fused-ring (bicyclic) bond motifs is 3. The van der Waals surface area contributed by atoms with Crippen LogP contribution in [0.5, 0.6) is 0 Å². The van der Waals surface area contributed by atoms with E-state index in [1.807, 2.05) is 32.0 Å². The Kier molecular flexibility index (Phi) is 5.60. The number of benzene rings is 2. The van der Waals surface area contributed by atoms with Crippen molar-refractivity contribution in [3.8, 4) is 11.1 Å². The molecule has 3 aliphatic rings. The van der Waals surface area contributed by atoms with E-state index in [1.54, 1.807) is 30.2 Å². The second kappa shape index (κ2) is 8.17. The number of aliphatic imine (C=N–C) groups is 1. The van der Waals surface area contributed by atoms with Gasteiger partial charge in [0.25, 0.3) is 5.91 Å². The molecule has 0 aromatic heterocycles. The van der Waals surface area contributed by atoms with E-state index in [0.29, 0.717) is 0 Å². The monoisotopic (exact) mass is 495 g/mol. The second-order valence-corrected chi connectivity index (χ2v) is 12.5. The average molecular weight is 496 g/mol. The smallest absolute Gasteiger partial charge is 0.262 e. The van der Waals surface area contributed by atoms with E-state index in [0.717, 1.165) is 54.4 Å². The van der Waals surface area contributed by atoms with E-state index in [9.17, 15) is 13.2 Å². The third-order valence-electron chi connectivity index (χ3n) is 8.19. The Morgan fingerprint density at radius 2 is 1.80 bits per heavy atom. The standard InChI is InChI=1S/C27H33N3O4S/c1-17(2)30-24(31)27(29-25(30)28)23-15-19(18-6-5-7-22(14-18)35(4,32)33)8-9-20(23)16-26(27)12-10-21(34-3)11-13-26/h5-9,14-15,17,21H,10-13,16H2,1-4H3,(H2,28,29). The summed E-state index contributed by atoms with van der Waals surface area (Å²) in [5.74, 6) is 0.220. The van der Waals surface area contributed by atoms with Crippen LogP contribution in [-0.4, -0.2) is 50.7 Å². The number of hydrogen-bond acceptors (Lipinski definition) is 6. The van der Waals surface area contributed by atoms with Crippen LogP contribution in [0.1, 0.15) is 50.7 Å². The highest BCUT2D eigenvalue weighted by atomic mass is 32.2. The third kappa shape index (κ3) is 3.52. The highest BCUT2D eigenvalue weighted by Crippen LogP contribution is 2.62. The maximum Gasteiger partial charge on any atom is 0.262 e. The van der Waals surface area contributed by atoms with Gasteiger partial charge in [0.15, 0.2) is 21.3 Å². The molecule has 35 heavy (non-hydrogen) atoms. The molecular weight excluding hydrogens is 462 g/mol. The Bertz CT molecular complexity index is 1330. The molecule has 1 saturated carbocycles. The maximum absolute atomic E-state index is 14.2. The summed E-state index contributed by atoms with van der Waals surface area (Å²) in [6.45, 7) is 3.91. The molecule has 1 amide bonds. The summed E-state index contributed by atoms with van der Waals surface area (Å²) in [5, 5.41) is 0. The number of nitrogens with zero attached hydrogens (tertiary/aromatic N) is 2. The molecule has 7 nitrogen and oxygen atoms in total. The van der Waals surface area contributed by atoms with Gasteiger partial charge in [0.05, 0.1) is 11.0 Å². The van der Waals surface area contributed by atoms with Crippen LogP contribution in [0.15, 0.2) is 52.4 Å². The highest BCUT2D eigenvalue weighted by Gasteiger charge is 2.66. The molecule has 2 aromatic rings. The number of carbonyl (C=O) groups excluding carboxylic acids is 1. The minimum absolute atomic E-state index is 0.0540. The number of carbonyl (C=O) groups is 1. The Morgan fingerprint density at radius 3 is 2.40 bits per heavy atom. The predicted octanol–water partition coefficient (Wildman–Crippen LogP) is 3.65. The van der Waals surface area contributed by atoms with Crippen molar-refractivity contribution in [2.24, 2.45) is 16.1 Å². The minimum atomic E-state index is -3.34. The first-order valence-electron chi connectivity index (χ1n) is 12.2. The molecule has 0 bridgehead atoms. The summed E-state index contributed by atoms with van der Waals surface area (Å²) >= 11 is 0. The highest BCUT2D eigenvalue weighted by molar-refractivity contribution is 7.90. The van der Waals surface area contributed by atoms with Crippen LogP contribution in [0.2, 0.25) is 0 Å². The van der Waals surface area contributed by atoms with Gasteiger partial charge in [-0.15, -0.1) is 0 Å². The molecule has 2 spiro atoms. The van der Waals surface area contributed by atoms with Crippen molar-refractivity contribution in [2.45, 2.75) is 68.5 Å². The molecule has 2 aliphatic carbocycles. The molecule has 5 rings (SSSR count). The summed E-state index contributed by atoms with van der Waals surface area (Å²) in [4.78, 5) is 21.1. The second-order valence-electron chi connectivity index (χ2n) is 10.5. The van der Waals surface area contributed by atoms with Crippen LogP contribution in [0, 0.1) is 5.41 Å². The quantitative estimate of drug-likeness (QED) is 0.698. The van der Waals surface area contributed by atoms with Gasteiger partial charge in [0, 0.05) is 24.8 Å². The number of sulfone groups is 1. The van der Waals surface area contributed by atoms with Crippen LogP contribution in [0.3, 0.4) is 0 Å². The lowest BCUT2D eigenvalue weighted by molar-refractivity contribution is -0.139. The molecule has 186 valence electrons. The fourth-order valence-electron chi connectivity index (χ4n) is 6.42. The molecule has 2 aromatic carbocycles. The zero-order valence-electron chi connectivity index (χ0n) is 20.7. The summed E-state index contributed by atoms with van der Waals surface area (Å²) in [6, 6.07) is 13.0. The SMILES string of the molecule is COC1CCC2(CC1)Cc1ccc(-c3cccc(S(C)(=O)=O)c3)cc1C21N=C(N)N(C(C)C)C1=O. The van der Waals surface area contributed by atoms with Gasteiger partial charge in [-0.1, -0.05) is 24.3 Å². The van der Waals surface area contributed by atoms with Crippen molar-refractivity contribution in [3.63, 3.8) is 0 Å². The molecule has 1 unspecified atom stereocenters. The number of ether oxygens (including phenoxy) is 1. The van der Waals surface area contributed by atoms with E-state index >= 15 is 0 Å². The van der Waals surface area contributed by atoms with E-state index < -0.39 is 15.4 Å². The first kappa shape index (κ1) is 24.0. The van der Waals surface area contributed by atoms with Gasteiger partial charge in [0.2, 0.25) is 0 Å². The van der Waals surface area contributed by atoms with E-state index in [4.69, 9.17) is 15.5 Å². The van der Waals surface area contributed by atoms with Gasteiger partial charge in [0.1, 0.15) is 0 Å². The lowest BCUT2D eigenvalue weighted by Crippen LogP contribution is -2.53. The summed E-state index contributed by atoms with van der Waals surface area (Å²) < 4.78 is 29.9. The zero-order valence-corrected chi connectivity index (χ0v) is 21.6. The van der Waals surface area contributed by atoms with Crippen LogP contribution >= 0.6 is 0 Å². The van der Waals surface area contributed by atoms with Crippen LogP contribution in [0.4, 0.5) is 0 Å². The summed E-state index contributed by atoms with van der Waals surface area (Å²) in [5.41, 5.74) is 8.64. The Labute approximate surface area is 207 Å². The molecule has 0 radical (unpaired) electrons. The van der Waals surface area contributed by atoms with Crippen molar-refractivity contribution in [1.82, 2.24) is 4.90 Å². The normalized spacial score (nSPS) is 28.3. The van der Waals surface area contributed by atoms with E-state index in [-0.39, 0.29) is 34.3 Å². The number of guanidine groups is 1. The fraction of sp³-hybridized carbons (Fsp3) is 0.481. The van der Waals surface area contributed by atoms with Crippen molar-refractivity contribution >= 4 is 21.7 Å². The fourth-order valence-corrected chi connectivity index (χ4v) is 7.09.